The van der Waals surface area contributed by atoms with Gasteiger partial charge in [-0.1, -0.05) is 36.2 Å². The summed E-state index contributed by atoms with van der Waals surface area (Å²) in [7, 11) is 0. The monoisotopic (exact) mass is 232 g/mol. The van der Waals surface area contributed by atoms with Crippen LogP contribution in [0.1, 0.15) is 43.4 Å². The summed E-state index contributed by atoms with van der Waals surface area (Å²) < 4.78 is 0. The first-order valence-corrected chi connectivity index (χ1v) is 6.74. The van der Waals surface area contributed by atoms with Crippen molar-refractivity contribution in [3.63, 3.8) is 0 Å². The first-order chi connectivity index (χ1) is 8.22. The quantitative estimate of drug-likeness (QED) is 0.868. The molecule has 0 aromatic heterocycles. The van der Waals surface area contributed by atoms with Crippen molar-refractivity contribution < 1.29 is 0 Å². The summed E-state index contributed by atoms with van der Waals surface area (Å²) in [5.41, 5.74) is 8.71. The zero-order chi connectivity index (χ0) is 12.3. The number of benzene rings is 1. The number of hydrogen-bond donors (Lipinski definition) is 1. The number of nitrogens with zero attached hydrogens (tertiary/aromatic N) is 1. The van der Waals surface area contributed by atoms with Crippen molar-refractivity contribution in [2.75, 3.05) is 13.1 Å². The van der Waals surface area contributed by atoms with E-state index in [1.54, 1.807) is 0 Å². The fourth-order valence-corrected chi connectivity index (χ4v) is 2.92. The highest BCUT2D eigenvalue weighted by Gasteiger charge is 2.26. The SMILES string of the molecule is Cc1cccc(C(CN)N2CCCCC2C)c1. The number of likely N-dealkylation sites (tertiary alicyclic amines) is 1. The van der Waals surface area contributed by atoms with Gasteiger partial charge in [-0.25, -0.2) is 0 Å². The van der Waals surface area contributed by atoms with Gasteiger partial charge in [-0.2, -0.15) is 0 Å². The predicted molar refractivity (Wildman–Crippen MR) is 73.0 cm³/mol. The summed E-state index contributed by atoms with van der Waals surface area (Å²) in [6.45, 7) is 6.39. The summed E-state index contributed by atoms with van der Waals surface area (Å²) >= 11 is 0. The lowest BCUT2D eigenvalue weighted by Crippen LogP contribution is -2.43. The van der Waals surface area contributed by atoms with Crippen LogP contribution in [-0.2, 0) is 0 Å². The van der Waals surface area contributed by atoms with E-state index in [0.29, 0.717) is 18.6 Å². The van der Waals surface area contributed by atoms with Gasteiger partial charge in [0.05, 0.1) is 0 Å². The zero-order valence-corrected chi connectivity index (χ0v) is 11.0. The topological polar surface area (TPSA) is 29.3 Å². The Bertz CT molecular complexity index is 362. The van der Waals surface area contributed by atoms with E-state index in [1.165, 1.54) is 36.9 Å². The molecule has 0 saturated carbocycles. The minimum Gasteiger partial charge on any atom is -0.329 e. The van der Waals surface area contributed by atoms with Crippen LogP contribution in [0.3, 0.4) is 0 Å². The van der Waals surface area contributed by atoms with Crippen molar-refractivity contribution in [1.29, 1.82) is 0 Å². The second-order valence-electron chi connectivity index (χ2n) is 5.25. The molecule has 0 bridgehead atoms. The molecular formula is C15H24N2. The van der Waals surface area contributed by atoms with Crippen LogP contribution >= 0.6 is 0 Å². The van der Waals surface area contributed by atoms with Crippen molar-refractivity contribution in [1.82, 2.24) is 4.90 Å². The molecule has 2 unspecified atom stereocenters. The van der Waals surface area contributed by atoms with Crippen molar-refractivity contribution in [3.05, 3.63) is 35.4 Å². The number of piperidine rings is 1. The number of hydrogen-bond acceptors (Lipinski definition) is 2. The summed E-state index contributed by atoms with van der Waals surface area (Å²) in [6, 6.07) is 9.84. The van der Waals surface area contributed by atoms with Gasteiger partial charge in [-0.3, -0.25) is 4.90 Å². The van der Waals surface area contributed by atoms with E-state index in [4.69, 9.17) is 5.73 Å². The molecule has 94 valence electrons. The normalized spacial score (nSPS) is 23.6. The molecule has 2 N–H and O–H groups in total. The molecule has 17 heavy (non-hydrogen) atoms. The Balaban J connectivity index is 2.20. The highest BCUT2D eigenvalue weighted by Crippen LogP contribution is 2.28. The largest absolute Gasteiger partial charge is 0.329 e. The van der Waals surface area contributed by atoms with Crippen LogP contribution in [0.4, 0.5) is 0 Å². The lowest BCUT2D eigenvalue weighted by Gasteiger charge is -2.39. The van der Waals surface area contributed by atoms with Crippen LogP contribution in [0.5, 0.6) is 0 Å². The number of aryl methyl sites for hydroxylation is 1. The smallest absolute Gasteiger partial charge is 0.0473 e. The fraction of sp³-hybridized carbons (Fsp3) is 0.600. The third-order valence-electron chi connectivity index (χ3n) is 3.90. The maximum Gasteiger partial charge on any atom is 0.0473 e. The van der Waals surface area contributed by atoms with Crippen LogP contribution in [-0.4, -0.2) is 24.0 Å². The highest BCUT2D eigenvalue weighted by atomic mass is 15.2. The summed E-state index contributed by atoms with van der Waals surface area (Å²) in [5.74, 6) is 0. The molecule has 2 heteroatoms. The van der Waals surface area contributed by atoms with Crippen LogP contribution in [0.15, 0.2) is 24.3 Å². The van der Waals surface area contributed by atoms with Crippen molar-refractivity contribution in [2.24, 2.45) is 5.73 Å². The van der Waals surface area contributed by atoms with Gasteiger partial charge in [0.2, 0.25) is 0 Å². The molecular weight excluding hydrogens is 208 g/mol. The predicted octanol–water partition coefficient (Wildman–Crippen LogP) is 2.87. The zero-order valence-electron chi connectivity index (χ0n) is 11.0. The van der Waals surface area contributed by atoms with E-state index >= 15 is 0 Å². The molecule has 2 nitrogen and oxygen atoms in total. The third-order valence-corrected chi connectivity index (χ3v) is 3.90. The maximum atomic E-state index is 6.01. The standard InChI is InChI=1S/C15H24N2/c1-12-6-5-8-14(10-12)15(11-16)17-9-4-3-7-13(17)2/h5-6,8,10,13,15H,3-4,7,9,11,16H2,1-2H3. The van der Waals surface area contributed by atoms with Crippen LogP contribution in [0, 0.1) is 6.92 Å². The second kappa shape index (κ2) is 5.65. The third kappa shape index (κ3) is 2.88. The Labute approximate surface area is 105 Å². The minimum absolute atomic E-state index is 0.394. The van der Waals surface area contributed by atoms with Gasteiger partial charge in [0.15, 0.2) is 0 Å². The van der Waals surface area contributed by atoms with E-state index in [2.05, 4.69) is 43.0 Å². The van der Waals surface area contributed by atoms with E-state index in [-0.39, 0.29) is 0 Å². The molecule has 1 saturated heterocycles. The van der Waals surface area contributed by atoms with Crippen LogP contribution in [0.2, 0.25) is 0 Å². The first kappa shape index (κ1) is 12.6. The maximum absolute atomic E-state index is 6.01. The lowest BCUT2D eigenvalue weighted by molar-refractivity contribution is 0.109. The van der Waals surface area contributed by atoms with Crippen molar-refractivity contribution in [3.8, 4) is 0 Å². The van der Waals surface area contributed by atoms with Crippen LogP contribution in [0.25, 0.3) is 0 Å². The van der Waals surface area contributed by atoms with E-state index in [9.17, 15) is 0 Å². The summed E-state index contributed by atoms with van der Waals surface area (Å²) in [6.07, 6.45) is 3.98. The van der Waals surface area contributed by atoms with E-state index in [1.807, 2.05) is 0 Å². The molecule has 0 radical (unpaired) electrons. The second-order valence-corrected chi connectivity index (χ2v) is 5.25. The molecule has 1 aliphatic heterocycles. The Hall–Kier alpha value is -0.860. The van der Waals surface area contributed by atoms with E-state index < -0.39 is 0 Å². The molecule has 2 rings (SSSR count). The van der Waals surface area contributed by atoms with Crippen LogP contribution < -0.4 is 5.73 Å². The van der Waals surface area contributed by atoms with Gasteiger partial charge >= 0.3 is 0 Å². The molecule has 0 aliphatic carbocycles. The Morgan fingerprint density at radius 3 is 2.88 bits per heavy atom. The van der Waals surface area contributed by atoms with Gasteiger partial charge in [-0.15, -0.1) is 0 Å². The van der Waals surface area contributed by atoms with Gasteiger partial charge in [0, 0.05) is 18.6 Å². The fourth-order valence-electron chi connectivity index (χ4n) is 2.92. The van der Waals surface area contributed by atoms with Gasteiger partial charge in [0.1, 0.15) is 0 Å². The van der Waals surface area contributed by atoms with Crippen molar-refractivity contribution in [2.45, 2.75) is 45.2 Å². The molecule has 0 spiro atoms. The summed E-state index contributed by atoms with van der Waals surface area (Å²) in [5, 5.41) is 0. The van der Waals surface area contributed by atoms with Gasteiger partial charge in [0.25, 0.3) is 0 Å². The van der Waals surface area contributed by atoms with Crippen molar-refractivity contribution >= 4 is 0 Å². The molecule has 1 aliphatic rings. The lowest BCUT2D eigenvalue weighted by atomic mass is 9.96. The molecule has 1 fully saturated rings. The molecule has 1 aromatic carbocycles. The number of nitrogens with two attached hydrogens (primary N) is 1. The minimum atomic E-state index is 0.394. The molecule has 1 aromatic rings. The molecule has 2 atom stereocenters. The molecule has 1 heterocycles. The Kier molecular flexibility index (Phi) is 4.19. The van der Waals surface area contributed by atoms with E-state index in [0.717, 1.165) is 0 Å². The highest BCUT2D eigenvalue weighted by molar-refractivity contribution is 5.25. The first-order valence-electron chi connectivity index (χ1n) is 6.74. The summed E-state index contributed by atoms with van der Waals surface area (Å²) in [4.78, 5) is 2.58. The average molecular weight is 232 g/mol. The van der Waals surface area contributed by atoms with Gasteiger partial charge in [-0.05, 0) is 38.8 Å². The average Bonchev–Trinajstić information content (AvgIpc) is 2.33. The Morgan fingerprint density at radius 2 is 2.24 bits per heavy atom. The molecule has 0 amide bonds. The van der Waals surface area contributed by atoms with Gasteiger partial charge < -0.3 is 5.73 Å². The Morgan fingerprint density at radius 1 is 1.41 bits per heavy atom. The number of rotatable bonds is 3.